The summed E-state index contributed by atoms with van der Waals surface area (Å²) in [6.45, 7) is 7.73. The molecule has 1 aromatic rings. The maximum atomic E-state index is 13.0. The molecule has 0 saturated carbocycles. The first kappa shape index (κ1) is 21.4. The SMILES string of the molecule is CCCN(CCC)C(=O)c1cccc(C(=O)N(CC)C2CCS(=O)(=O)C2)c1. The molecule has 0 spiro atoms. The number of carbonyl (C=O) groups is 2. The molecule has 0 bridgehead atoms. The molecule has 2 amide bonds. The molecule has 6 nitrogen and oxygen atoms in total. The van der Waals surface area contributed by atoms with E-state index in [-0.39, 0.29) is 29.4 Å². The number of hydrogen-bond acceptors (Lipinski definition) is 4. The quantitative estimate of drug-likeness (QED) is 0.679. The minimum absolute atomic E-state index is 0.0198. The van der Waals surface area contributed by atoms with Gasteiger partial charge in [0.25, 0.3) is 11.8 Å². The summed E-state index contributed by atoms with van der Waals surface area (Å²) in [5, 5.41) is 0. The van der Waals surface area contributed by atoms with Gasteiger partial charge in [0.15, 0.2) is 9.84 Å². The number of sulfone groups is 1. The molecule has 150 valence electrons. The second kappa shape index (κ2) is 9.35. The van der Waals surface area contributed by atoms with Gasteiger partial charge in [0.05, 0.1) is 11.5 Å². The first-order valence-electron chi connectivity index (χ1n) is 9.73. The number of carbonyl (C=O) groups excluding carboxylic acids is 2. The third-order valence-electron chi connectivity index (χ3n) is 4.88. The lowest BCUT2D eigenvalue weighted by atomic mass is 10.1. The lowest BCUT2D eigenvalue weighted by molar-refractivity contribution is 0.0708. The van der Waals surface area contributed by atoms with Gasteiger partial charge in [-0.1, -0.05) is 19.9 Å². The highest BCUT2D eigenvalue weighted by molar-refractivity contribution is 7.91. The van der Waals surface area contributed by atoms with Crippen molar-refractivity contribution in [2.45, 2.75) is 46.1 Å². The van der Waals surface area contributed by atoms with Crippen LogP contribution < -0.4 is 0 Å². The van der Waals surface area contributed by atoms with Crippen LogP contribution in [0.5, 0.6) is 0 Å². The van der Waals surface area contributed by atoms with Gasteiger partial charge in [-0.2, -0.15) is 0 Å². The second-order valence-corrected chi connectivity index (χ2v) is 9.25. The Bertz CT molecular complexity index is 770. The maximum absolute atomic E-state index is 13.0. The lowest BCUT2D eigenvalue weighted by Crippen LogP contribution is -2.41. The van der Waals surface area contributed by atoms with Crippen molar-refractivity contribution in [3.63, 3.8) is 0 Å². The Morgan fingerprint density at radius 2 is 1.63 bits per heavy atom. The van der Waals surface area contributed by atoms with Crippen molar-refractivity contribution < 1.29 is 18.0 Å². The van der Waals surface area contributed by atoms with Crippen LogP contribution in [0.15, 0.2) is 24.3 Å². The van der Waals surface area contributed by atoms with Gasteiger partial charge in [0.2, 0.25) is 0 Å². The number of amides is 2. The monoisotopic (exact) mass is 394 g/mol. The molecule has 1 heterocycles. The van der Waals surface area contributed by atoms with Gasteiger partial charge in [-0.3, -0.25) is 9.59 Å². The van der Waals surface area contributed by atoms with Gasteiger partial charge in [0.1, 0.15) is 0 Å². The van der Waals surface area contributed by atoms with Crippen LogP contribution in [0.25, 0.3) is 0 Å². The highest BCUT2D eigenvalue weighted by Crippen LogP contribution is 2.20. The topological polar surface area (TPSA) is 74.8 Å². The zero-order chi connectivity index (χ0) is 20.0. The van der Waals surface area contributed by atoms with E-state index in [9.17, 15) is 18.0 Å². The molecule has 0 aliphatic carbocycles. The van der Waals surface area contributed by atoms with E-state index in [1.807, 2.05) is 25.7 Å². The third kappa shape index (κ3) is 5.31. The second-order valence-electron chi connectivity index (χ2n) is 7.02. The predicted molar refractivity (Wildman–Crippen MR) is 107 cm³/mol. The Labute approximate surface area is 162 Å². The van der Waals surface area contributed by atoms with Gasteiger partial charge in [-0.25, -0.2) is 8.42 Å². The number of rotatable bonds is 8. The molecule has 0 N–H and O–H groups in total. The van der Waals surface area contributed by atoms with E-state index < -0.39 is 9.84 Å². The molecule has 0 radical (unpaired) electrons. The van der Waals surface area contributed by atoms with Crippen LogP contribution in [0, 0.1) is 0 Å². The summed E-state index contributed by atoms with van der Waals surface area (Å²) in [5.74, 6) is -0.138. The molecule has 7 heteroatoms. The summed E-state index contributed by atoms with van der Waals surface area (Å²) in [7, 11) is -3.07. The van der Waals surface area contributed by atoms with Crippen LogP contribution >= 0.6 is 0 Å². The molecule has 1 aliphatic heterocycles. The zero-order valence-electron chi connectivity index (χ0n) is 16.5. The van der Waals surface area contributed by atoms with Crippen molar-refractivity contribution in [3.8, 4) is 0 Å². The Hall–Kier alpha value is -1.89. The fourth-order valence-electron chi connectivity index (χ4n) is 3.58. The van der Waals surface area contributed by atoms with Gasteiger partial charge >= 0.3 is 0 Å². The third-order valence-corrected chi connectivity index (χ3v) is 6.63. The van der Waals surface area contributed by atoms with Crippen LogP contribution in [-0.2, 0) is 9.84 Å². The molecule has 1 unspecified atom stereocenters. The summed E-state index contributed by atoms with van der Waals surface area (Å²) < 4.78 is 23.5. The van der Waals surface area contributed by atoms with Crippen LogP contribution in [-0.4, -0.2) is 67.2 Å². The summed E-state index contributed by atoms with van der Waals surface area (Å²) in [6, 6.07) is 6.48. The van der Waals surface area contributed by atoms with Crippen molar-refractivity contribution >= 4 is 21.7 Å². The molecule has 1 saturated heterocycles. The zero-order valence-corrected chi connectivity index (χ0v) is 17.3. The van der Waals surface area contributed by atoms with Gasteiger partial charge in [0, 0.05) is 36.8 Å². The molecule has 1 aliphatic rings. The summed E-state index contributed by atoms with van der Waals surface area (Å²) in [6.07, 6.45) is 2.23. The molecule has 1 atom stereocenters. The molecule has 2 rings (SSSR count). The van der Waals surface area contributed by atoms with E-state index in [0.717, 1.165) is 12.8 Å². The first-order chi connectivity index (χ1) is 12.8. The number of nitrogens with zero attached hydrogens (tertiary/aromatic N) is 2. The van der Waals surface area contributed by atoms with Crippen molar-refractivity contribution in [2.75, 3.05) is 31.1 Å². The molecular formula is C20H30N2O4S. The molecule has 27 heavy (non-hydrogen) atoms. The average Bonchev–Trinajstić information content (AvgIpc) is 3.01. The van der Waals surface area contributed by atoms with Crippen LogP contribution in [0.3, 0.4) is 0 Å². The van der Waals surface area contributed by atoms with Gasteiger partial charge < -0.3 is 9.80 Å². The summed E-state index contributed by atoms with van der Waals surface area (Å²) >= 11 is 0. The van der Waals surface area contributed by atoms with Crippen molar-refractivity contribution in [1.29, 1.82) is 0 Å². The summed E-state index contributed by atoms with van der Waals surface area (Å²) in [5.41, 5.74) is 0.929. The van der Waals surface area contributed by atoms with Gasteiger partial charge in [-0.05, 0) is 44.4 Å². The smallest absolute Gasteiger partial charge is 0.254 e. The van der Waals surface area contributed by atoms with Crippen molar-refractivity contribution in [3.05, 3.63) is 35.4 Å². The largest absolute Gasteiger partial charge is 0.339 e. The molecule has 1 fully saturated rings. The van der Waals surface area contributed by atoms with E-state index >= 15 is 0 Å². The van der Waals surface area contributed by atoms with Gasteiger partial charge in [-0.15, -0.1) is 0 Å². The highest BCUT2D eigenvalue weighted by atomic mass is 32.2. The molecular weight excluding hydrogens is 364 g/mol. The van der Waals surface area contributed by atoms with Crippen LogP contribution in [0.4, 0.5) is 0 Å². The van der Waals surface area contributed by atoms with E-state index in [4.69, 9.17) is 0 Å². The van der Waals surface area contributed by atoms with Crippen molar-refractivity contribution in [1.82, 2.24) is 9.80 Å². The molecule has 1 aromatic carbocycles. The number of hydrogen-bond donors (Lipinski definition) is 0. The average molecular weight is 395 g/mol. The number of benzene rings is 1. The Kier molecular flexibility index (Phi) is 7.41. The maximum Gasteiger partial charge on any atom is 0.254 e. The van der Waals surface area contributed by atoms with E-state index in [0.29, 0.717) is 37.2 Å². The standard InChI is InChI=1S/C20H30N2O4S/c1-4-11-21(12-5-2)19(23)16-8-7-9-17(14-16)20(24)22(6-3)18-10-13-27(25,26)15-18/h7-9,14,18H,4-6,10-13,15H2,1-3H3. The Morgan fingerprint density at radius 1 is 1.04 bits per heavy atom. The highest BCUT2D eigenvalue weighted by Gasteiger charge is 2.34. The predicted octanol–water partition coefficient (Wildman–Crippen LogP) is 2.60. The van der Waals surface area contributed by atoms with Crippen LogP contribution in [0.2, 0.25) is 0 Å². The van der Waals surface area contributed by atoms with E-state index in [1.54, 1.807) is 29.2 Å². The lowest BCUT2D eigenvalue weighted by Gasteiger charge is -2.27. The summed E-state index contributed by atoms with van der Waals surface area (Å²) in [4.78, 5) is 29.2. The minimum atomic E-state index is -3.07. The van der Waals surface area contributed by atoms with E-state index in [2.05, 4.69) is 0 Å². The normalized spacial score (nSPS) is 18.3. The van der Waals surface area contributed by atoms with Crippen LogP contribution in [0.1, 0.15) is 60.7 Å². The first-order valence-corrected chi connectivity index (χ1v) is 11.6. The van der Waals surface area contributed by atoms with Crippen molar-refractivity contribution in [2.24, 2.45) is 0 Å². The Balaban J connectivity index is 2.22. The fraction of sp³-hybridized carbons (Fsp3) is 0.600. The Morgan fingerprint density at radius 3 is 2.11 bits per heavy atom. The minimum Gasteiger partial charge on any atom is -0.339 e. The fourth-order valence-corrected chi connectivity index (χ4v) is 5.31. The van der Waals surface area contributed by atoms with E-state index in [1.165, 1.54) is 0 Å². The molecule has 0 aromatic heterocycles.